The van der Waals surface area contributed by atoms with Gasteiger partial charge < -0.3 is 19.7 Å². The Morgan fingerprint density at radius 2 is 1.85 bits per heavy atom. The van der Waals surface area contributed by atoms with E-state index in [4.69, 9.17) is 9.47 Å². The first-order valence-electron chi connectivity index (χ1n) is 11.4. The van der Waals surface area contributed by atoms with Crippen molar-refractivity contribution in [1.82, 2.24) is 10.2 Å². The van der Waals surface area contributed by atoms with Crippen molar-refractivity contribution in [2.24, 2.45) is 0 Å². The van der Waals surface area contributed by atoms with E-state index in [1.807, 2.05) is 12.1 Å². The Morgan fingerprint density at radius 3 is 2.59 bits per heavy atom. The van der Waals surface area contributed by atoms with Gasteiger partial charge in [-0.2, -0.15) is 0 Å². The number of anilines is 1. The maximum Gasteiger partial charge on any atom is 0.264 e. The molecular weight excluding hydrogens is 434 g/mol. The first-order chi connectivity index (χ1) is 16.5. The lowest BCUT2D eigenvalue weighted by Crippen LogP contribution is -2.48. The molecule has 8 nitrogen and oxygen atoms in total. The van der Waals surface area contributed by atoms with Crippen molar-refractivity contribution >= 4 is 23.4 Å². The quantitative estimate of drug-likeness (QED) is 0.429. The number of rotatable bonds is 10. The van der Waals surface area contributed by atoms with Gasteiger partial charge in [-0.25, -0.2) is 0 Å². The number of unbranched alkanes of at least 4 members (excludes halogenated alkanes) is 2. The molecule has 0 fully saturated rings. The number of hydrogen-bond acceptors (Lipinski definition) is 5. The van der Waals surface area contributed by atoms with Crippen molar-refractivity contribution in [1.29, 1.82) is 0 Å². The summed E-state index contributed by atoms with van der Waals surface area (Å²) < 4.78 is 11.0. The molecule has 0 bridgehead atoms. The number of amides is 3. The number of nitrogens with one attached hydrogen (secondary N) is 1. The molecule has 2 aromatic rings. The highest BCUT2D eigenvalue weighted by molar-refractivity contribution is 6.18. The molecule has 0 saturated heterocycles. The van der Waals surface area contributed by atoms with E-state index in [2.05, 4.69) is 11.9 Å². The maximum absolute atomic E-state index is 13.6. The second kappa shape index (κ2) is 9.99. The molecule has 0 radical (unpaired) electrons. The van der Waals surface area contributed by atoms with Gasteiger partial charge in [-0.3, -0.25) is 19.3 Å². The molecule has 0 spiro atoms. The zero-order valence-electron chi connectivity index (χ0n) is 19.5. The lowest BCUT2D eigenvalue weighted by atomic mass is 10.0. The van der Waals surface area contributed by atoms with Crippen molar-refractivity contribution in [3.63, 3.8) is 0 Å². The van der Waals surface area contributed by atoms with E-state index in [9.17, 15) is 14.4 Å². The molecule has 2 heterocycles. The van der Waals surface area contributed by atoms with Crippen LogP contribution >= 0.6 is 0 Å². The summed E-state index contributed by atoms with van der Waals surface area (Å²) in [6.45, 7) is 4.51. The fraction of sp³-hybridized carbons (Fsp3) is 0.346. The summed E-state index contributed by atoms with van der Waals surface area (Å²) in [5, 5.41) is 2.77. The predicted octanol–water partition coefficient (Wildman–Crippen LogP) is 3.68. The number of nitrogens with zero attached hydrogens (tertiary/aromatic N) is 2. The van der Waals surface area contributed by atoms with Gasteiger partial charge in [-0.15, -0.1) is 6.58 Å². The van der Waals surface area contributed by atoms with Crippen LogP contribution in [0.3, 0.4) is 0 Å². The highest BCUT2D eigenvalue weighted by Crippen LogP contribution is 2.49. The van der Waals surface area contributed by atoms with Crippen LogP contribution in [0.5, 0.6) is 11.5 Å². The number of ether oxygens (including phenoxy) is 2. The summed E-state index contributed by atoms with van der Waals surface area (Å²) in [5.41, 5.74) is 2.22. The van der Waals surface area contributed by atoms with Crippen molar-refractivity contribution in [2.45, 2.75) is 31.8 Å². The Kier molecular flexibility index (Phi) is 6.86. The van der Waals surface area contributed by atoms with Crippen molar-refractivity contribution in [3.8, 4) is 11.5 Å². The number of carbonyl (C=O) groups is 3. The number of carbonyl (C=O) groups excluding carboxylic acids is 3. The normalized spacial score (nSPS) is 16.0. The fourth-order valence-corrected chi connectivity index (χ4v) is 4.67. The van der Waals surface area contributed by atoms with Gasteiger partial charge in [-0.1, -0.05) is 30.7 Å². The largest absolute Gasteiger partial charge is 0.493 e. The zero-order valence-corrected chi connectivity index (χ0v) is 19.5. The molecule has 0 aliphatic carbocycles. The van der Waals surface area contributed by atoms with E-state index in [-0.39, 0.29) is 17.7 Å². The second-order valence-corrected chi connectivity index (χ2v) is 8.23. The maximum atomic E-state index is 13.6. The van der Waals surface area contributed by atoms with Gasteiger partial charge in [0.25, 0.3) is 11.8 Å². The lowest BCUT2D eigenvalue weighted by Gasteiger charge is -2.41. The van der Waals surface area contributed by atoms with Gasteiger partial charge in [0.15, 0.2) is 11.5 Å². The number of para-hydroxylation sites is 1. The smallest absolute Gasteiger partial charge is 0.264 e. The molecule has 1 atom stereocenters. The van der Waals surface area contributed by atoms with E-state index in [0.717, 1.165) is 12.8 Å². The third kappa shape index (κ3) is 4.00. The summed E-state index contributed by atoms with van der Waals surface area (Å²) in [6.07, 6.45) is 3.74. The van der Waals surface area contributed by atoms with Crippen LogP contribution < -0.4 is 19.7 Å². The summed E-state index contributed by atoms with van der Waals surface area (Å²) in [6, 6.07) is 10.8. The minimum Gasteiger partial charge on any atom is -0.493 e. The van der Waals surface area contributed by atoms with Gasteiger partial charge in [0.1, 0.15) is 6.17 Å². The highest BCUT2D eigenvalue weighted by atomic mass is 16.5. The van der Waals surface area contributed by atoms with Gasteiger partial charge >= 0.3 is 0 Å². The van der Waals surface area contributed by atoms with Gasteiger partial charge in [0.2, 0.25) is 5.91 Å². The van der Waals surface area contributed by atoms with Gasteiger partial charge in [0, 0.05) is 25.1 Å². The van der Waals surface area contributed by atoms with Crippen LogP contribution in [0.15, 0.2) is 49.1 Å². The van der Waals surface area contributed by atoms with Crippen LogP contribution in [-0.4, -0.2) is 49.9 Å². The molecule has 0 aromatic heterocycles. The molecule has 4 rings (SSSR count). The summed E-state index contributed by atoms with van der Waals surface area (Å²) in [5.74, 6) is 0.492. The Labute approximate surface area is 199 Å². The first-order valence-corrected chi connectivity index (χ1v) is 11.4. The van der Waals surface area contributed by atoms with E-state index in [1.54, 1.807) is 40.1 Å². The molecule has 178 valence electrons. The Morgan fingerprint density at radius 1 is 1.06 bits per heavy atom. The Balaban J connectivity index is 1.60. The average Bonchev–Trinajstić information content (AvgIpc) is 3.16. The third-order valence-corrected chi connectivity index (χ3v) is 6.23. The lowest BCUT2D eigenvalue weighted by molar-refractivity contribution is -0.121. The van der Waals surface area contributed by atoms with Crippen molar-refractivity contribution < 1.29 is 23.9 Å². The number of hydrogen-bond donors (Lipinski definition) is 1. The molecule has 2 aliphatic rings. The van der Waals surface area contributed by atoms with Crippen LogP contribution in [0, 0.1) is 0 Å². The number of fused-ring (bicyclic) bond motifs is 5. The van der Waals surface area contributed by atoms with Crippen LogP contribution in [0.2, 0.25) is 0 Å². The molecule has 0 unspecified atom stereocenters. The van der Waals surface area contributed by atoms with Gasteiger partial charge in [0.05, 0.1) is 31.0 Å². The van der Waals surface area contributed by atoms with E-state index in [0.29, 0.717) is 59.8 Å². The molecule has 2 aliphatic heterocycles. The topological polar surface area (TPSA) is 88.2 Å². The number of methoxy groups -OCH3 is 2. The van der Waals surface area contributed by atoms with E-state index < -0.39 is 6.17 Å². The average molecular weight is 464 g/mol. The molecule has 1 N–H and O–H groups in total. The molecule has 2 aromatic carbocycles. The molecule has 8 heteroatoms. The fourth-order valence-electron chi connectivity index (χ4n) is 4.67. The molecule has 34 heavy (non-hydrogen) atoms. The zero-order chi connectivity index (χ0) is 24.2. The van der Waals surface area contributed by atoms with Gasteiger partial charge in [-0.05, 0) is 31.0 Å². The molecule has 3 amide bonds. The van der Waals surface area contributed by atoms with E-state index in [1.165, 1.54) is 14.2 Å². The van der Waals surface area contributed by atoms with Crippen molar-refractivity contribution in [2.75, 3.05) is 32.2 Å². The first kappa shape index (κ1) is 23.4. The summed E-state index contributed by atoms with van der Waals surface area (Å²) in [4.78, 5) is 42.4. The SMILES string of the molecule is C=CCNC(=O)CCCCCN1C(=O)c2ccccc2N2C(=O)c3c(ccc(OC)c3OC)[C@H]12. The monoisotopic (exact) mass is 463 g/mol. The molecule has 0 saturated carbocycles. The van der Waals surface area contributed by atoms with Crippen LogP contribution in [0.25, 0.3) is 0 Å². The van der Waals surface area contributed by atoms with Crippen LogP contribution in [0.1, 0.15) is 58.1 Å². The van der Waals surface area contributed by atoms with Crippen LogP contribution in [0.4, 0.5) is 5.69 Å². The molecular formula is C26H29N3O5. The Bertz CT molecular complexity index is 1130. The standard InChI is InChI=1S/C26H29N3O5/c1-4-15-27-21(30)12-6-5-9-16-28-24-18-13-14-20(33-2)23(34-3)22(18)26(32)29(24)19-11-8-7-10-17(19)25(28)31/h4,7-8,10-11,13-14,24H,1,5-6,9,12,15-16H2,2-3H3,(H,27,30)/t24-/m1/s1. The third-order valence-electron chi connectivity index (χ3n) is 6.23. The minimum absolute atomic E-state index is 0.00888. The predicted molar refractivity (Wildman–Crippen MR) is 128 cm³/mol. The summed E-state index contributed by atoms with van der Waals surface area (Å²) in [7, 11) is 3.03. The van der Waals surface area contributed by atoms with Crippen LogP contribution in [-0.2, 0) is 4.79 Å². The van der Waals surface area contributed by atoms with Crippen molar-refractivity contribution in [3.05, 3.63) is 65.7 Å². The number of benzene rings is 2. The second-order valence-electron chi connectivity index (χ2n) is 8.23. The summed E-state index contributed by atoms with van der Waals surface area (Å²) >= 11 is 0. The van der Waals surface area contributed by atoms with E-state index >= 15 is 0 Å². The highest BCUT2D eigenvalue weighted by Gasteiger charge is 2.49. The minimum atomic E-state index is -0.555. The Hall–Kier alpha value is -3.81.